The molecular formula is C18H15Cl2F3N4O2S2. The molecule has 166 valence electrons. The van der Waals surface area contributed by atoms with Crippen LogP contribution >= 0.6 is 34.5 Å². The number of aromatic nitrogens is 3. The third-order valence-corrected chi connectivity index (χ3v) is 6.40. The van der Waals surface area contributed by atoms with Gasteiger partial charge >= 0.3 is 6.18 Å². The van der Waals surface area contributed by atoms with Crippen LogP contribution in [0.5, 0.6) is 0 Å². The Morgan fingerprint density at radius 1 is 1.39 bits per heavy atom. The third kappa shape index (κ3) is 5.65. The molecule has 1 unspecified atom stereocenters. The van der Waals surface area contributed by atoms with Crippen molar-refractivity contribution >= 4 is 62.3 Å². The summed E-state index contributed by atoms with van der Waals surface area (Å²) in [5, 5.41) is 5.81. The van der Waals surface area contributed by atoms with E-state index in [2.05, 4.69) is 15.4 Å². The maximum Gasteiger partial charge on any atom is 0.445 e. The third-order valence-electron chi connectivity index (χ3n) is 3.93. The number of nitrogens with zero attached hydrogens (tertiary/aromatic N) is 3. The monoisotopic (exact) mass is 510 g/mol. The zero-order chi connectivity index (χ0) is 22.9. The standard InChI is InChI=1S/C18H15Cl2F3N4O2S2/c1-9(8-31(2)29)24-14(28)6-5-13-15(11-4-3-10(19)7-12(11)20)25-17-27(13)26-16(30-17)18(21,22)23/h3-7,9H,8H2,1-2H3,(H,24,28)/t9?,31-/m0/s1. The molecule has 0 fully saturated rings. The Morgan fingerprint density at radius 3 is 2.71 bits per heavy atom. The summed E-state index contributed by atoms with van der Waals surface area (Å²) >= 11 is 12.6. The second kappa shape index (κ2) is 9.27. The molecule has 0 spiro atoms. The molecule has 0 aliphatic carbocycles. The Balaban J connectivity index is 2.04. The van der Waals surface area contributed by atoms with Gasteiger partial charge in [-0.3, -0.25) is 9.00 Å². The molecule has 0 radical (unpaired) electrons. The SMILES string of the molecule is CC(C[S@](C)=O)NC(=O)C=Cc1c(-c2ccc(Cl)cc2Cl)nc2sc(C(F)(F)F)nn12. The number of amides is 1. The predicted molar refractivity (Wildman–Crippen MR) is 117 cm³/mol. The van der Waals surface area contributed by atoms with Gasteiger partial charge in [0.15, 0.2) is 0 Å². The zero-order valence-corrected chi connectivity index (χ0v) is 19.2. The van der Waals surface area contributed by atoms with Crippen molar-refractivity contribution in [2.45, 2.75) is 19.1 Å². The second-order valence-electron chi connectivity index (χ2n) is 6.55. The molecule has 0 aliphatic heterocycles. The van der Waals surface area contributed by atoms with Crippen molar-refractivity contribution < 1.29 is 22.2 Å². The first-order valence-electron chi connectivity index (χ1n) is 8.66. The van der Waals surface area contributed by atoms with E-state index >= 15 is 0 Å². The predicted octanol–water partition coefficient (Wildman–Crippen LogP) is 4.68. The molecular weight excluding hydrogens is 496 g/mol. The minimum atomic E-state index is -4.63. The van der Waals surface area contributed by atoms with Gasteiger partial charge in [0.2, 0.25) is 15.9 Å². The maximum atomic E-state index is 13.1. The lowest BCUT2D eigenvalue weighted by Crippen LogP contribution is -2.35. The number of carbonyl (C=O) groups is 1. The van der Waals surface area contributed by atoms with E-state index in [1.165, 1.54) is 18.4 Å². The van der Waals surface area contributed by atoms with Crippen molar-refractivity contribution in [1.29, 1.82) is 0 Å². The van der Waals surface area contributed by atoms with Crippen LogP contribution in [0.25, 0.3) is 22.3 Å². The van der Waals surface area contributed by atoms with Gasteiger partial charge in [-0.2, -0.15) is 13.2 Å². The number of carbonyl (C=O) groups excluding carboxylic acids is 1. The largest absolute Gasteiger partial charge is 0.445 e. The number of rotatable bonds is 6. The number of nitrogens with one attached hydrogen (secondary N) is 1. The molecule has 0 bridgehead atoms. The van der Waals surface area contributed by atoms with Gasteiger partial charge in [-0.1, -0.05) is 34.5 Å². The fourth-order valence-corrected chi connectivity index (χ4v) is 4.81. The van der Waals surface area contributed by atoms with E-state index in [-0.39, 0.29) is 33.2 Å². The Kier molecular flexibility index (Phi) is 7.09. The maximum absolute atomic E-state index is 13.1. The highest BCUT2D eigenvalue weighted by Crippen LogP contribution is 2.37. The molecule has 1 N–H and O–H groups in total. The molecule has 0 saturated carbocycles. The van der Waals surface area contributed by atoms with Crippen molar-refractivity contribution in [1.82, 2.24) is 19.9 Å². The van der Waals surface area contributed by atoms with Gasteiger partial charge in [-0.25, -0.2) is 9.50 Å². The summed E-state index contributed by atoms with van der Waals surface area (Å²) in [6.45, 7) is 1.69. The first kappa shape index (κ1) is 23.7. The minimum absolute atomic E-state index is 0.0110. The number of hydrogen-bond acceptors (Lipinski definition) is 5. The number of halogens is 5. The van der Waals surface area contributed by atoms with Crippen molar-refractivity contribution in [3.05, 3.63) is 45.0 Å². The number of fused-ring (bicyclic) bond motifs is 1. The highest BCUT2D eigenvalue weighted by molar-refractivity contribution is 7.84. The van der Waals surface area contributed by atoms with Crippen LogP contribution < -0.4 is 5.32 Å². The first-order chi connectivity index (χ1) is 14.5. The highest BCUT2D eigenvalue weighted by atomic mass is 35.5. The van der Waals surface area contributed by atoms with Crippen LogP contribution in [0.3, 0.4) is 0 Å². The minimum Gasteiger partial charge on any atom is -0.349 e. The fourth-order valence-electron chi connectivity index (χ4n) is 2.75. The summed E-state index contributed by atoms with van der Waals surface area (Å²) in [7, 11) is -1.10. The Morgan fingerprint density at radius 2 is 2.10 bits per heavy atom. The van der Waals surface area contributed by atoms with Crippen molar-refractivity contribution in [3.63, 3.8) is 0 Å². The van der Waals surface area contributed by atoms with E-state index in [4.69, 9.17) is 23.2 Å². The van der Waals surface area contributed by atoms with Gasteiger partial charge in [0.1, 0.15) is 5.69 Å². The Hall–Kier alpha value is -1.95. The van der Waals surface area contributed by atoms with E-state index in [1.807, 2.05) is 0 Å². The van der Waals surface area contributed by atoms with Gasteiger partial charge < -0.3 is 5.32 Å². The van der Waals surface area contributed by atoms with E-state index in [0.29, 0.717) is 21.9 Å². The van der Waals surface area contributed by atoms with Crippen LogP contribution in [0.15, 0.2) is 24.3 Å². The molecule has 1 aromatic carbocycles. The number of alkyl halides is 3. The average molecular weight is 511 g/mol. The first-order valence-corrected chi connectivity index (χ1v) is 12.0. The molecule has 2 atom stereocenters. The summed E-state index contributed by atoms with van der Waals surface area (Å²) in [4.78, 5) is 16.5. The van der Waals surface area contributed by atoms with Crippen molar-refractivity contribution in [2.75, 3.05) is 12.0 Å². The van der Waals surface area contributed by atoms with Crippen LogP contribution in [0.4, 0.5) is 13.2 Å². The summed E-state index contributed by atoms with van der Waals surface area (Å²) in [6.07, 6.45) is -0.652. The molecule has 31 heavy (non-hydrogen) atoms. The van der Waals surface area contributed by atoms with Crippen molar-refractivity contribution in [3.8, 4) is 11.3 Å². The quantitative estimate of drug-likeness (QED) is 0.488. The van der Waals surface area contributed by atoms with E-state index in [9.17, 15) is 22.2 Å². The van der Waals surface area contributed by atoms with Crippen LogP contribution in [-0.4, -0.2) is 42.8 Å². The van der Waals surface area contributed by atoms with Crippen LogP contribution in [0.1, 0.15) is 17.6 Å². The lowest BCUT2D eigenvalue weighted by atomic mass is 10.1. The highest BCUT2D eigenvalue weighted by Gasteiger charge is 2.36. The lowest BCUT2D eigenvalue weighted by Gasteiger charge is -2.10. The fraction of sp³-hybridized carbons (Fsp3) is 0.278. The molecule has 13 heteroatoms. The normalized spacial score (nSPS) is 14.3. The van der Waals surface area contributed by atoms with Crippen molar-refractivity contribution in [2.24, 2.45) is 0 Å². The Labute approximate surface area is 191 Å². The molecule has 3 rings (SSSR count). The number of hydrogen-bond donors (Lipinski definition) is 1. The Bertz CT molecular complexity index is 1190. The summed E-state index contributed by atoms with van der Waals surface area (Å²) in [5.74, 6) is -0.240. The van der Waals surface area contributed by atoms with E-state index < -0.39 is 27.9 Å². The topological polar surface area (TPSA) is 76.4 Å². The van der Waals surface area contributed by atoms with Crippen LogP contribution in [0.2, 0.25) is 10.0 Å². The van der Waals surface area contributed by atoms with Gasteiger partial charge in [0.05, 0.1) is 10.7 Å². The van der Waals surface area contributed by atoms with Crippen LogP contribution in [-0.2, 0) is 21.8 Å². The molecule has 0 saturated heterocycles. The van der Waals surface area contributed by atoms with Gasteiger partial charge in [-0.05, 0) is 31.2 Å². The smallest absolute Gasteiger partial charge is 0.349 e. The summed E-state index contributed by atoms with van der Waals surface area (Å²) in [5.41, 5.74) is 0.820. The molecule has 0 aliphatic rings. The molecule has 1 amide bonds. The van der Waals surface area contributed by atoms with Gasteiger partial charge in [0, 0.05) is 45.5 Å². The molecule has 2 aromatic heterocycles. The summed E-state index contributed by atoms with van der Waals surface area (Å²) in [6, 6.07) is 4.28. The average Bonchev–Trinajstić information content (AvgIpc) is 3.17. The zero-order valence-electron chi connectivity index (χ0n) is 16.0. The van der Waals surface area contributed by atoms with E-state index in [1.54, 1.807) is 19.1 Å². The van der Waals surface area contributed by atoms with Gasteiger partial charge in [0.25, 0.3) is 0 Å². The lowest BCUT2D eigenvalue weighted by molar-refractivity contribution is -0.138. The molecule has 2 heterocycles. The molecule has 6 nitrogen and oxygen atoms in total. The molecule has 3 aromatic rings. The number of benzene rings is 1. The van der Waals surface area contributed by atoms with E-state index in [0.717, 1.165) is 10.6 Å². The summed E-state index contributed by atoms with van der Waals surface area (Å²) < 4.78 is 51.6. The number of imidazole rings is 1. The second-order valence-corrected chi connectivity index (χ2v) is 9.83. The van der Waals surface area contributed by atoms with Gasteiger partial charge in [-0.15, -0.1) is 5.10 Å². The van der Waals surface area contributed by atoms with Crippen LogP contribution in [0, 0.1) is 0 Å².